The van der Waals surface area contributed by atoms with Crippen molar-refractivity contribution < 1.29 is 46.9 Å². The standard InChI is InChI=1S/C27H26N4O5.C2HF3O2/c1-16(2)36-19-7-5-6-17(10-19)26(32)25-21-12-24(35-4)23(34-3)11-20(21)18(13-30-25)14-31-27(33)22-15-28-8-9-29-22;3-2(4,5)1(6)7/h5-13,15-16H,14H2,1-4H3,(H,31,33);(H,6,7). The number of benzene rings is 2. The van der Waals surface area contributed by atoms with Crippen molar-refractivity contribution in [2.24, 2.45) is 0 Å². The number of amides is 1. The number of aromatic nitrogens is 3. The van der Waals surface area contributed by atoms with Crippen LogP contribution in [0.1, 0.15) is 46.0 Å². The summed E-state index contributed by atoms with van der Waals surface area (Å²) in [5.41, 5.74) is 1.58. The number of alkyl halides is 3. The second-order valence-corrected chi connectivity index (χ2v) is 8.98. The number of carboxylic acid groups (broad SMARTS) is 1. The fourth-order valence-electron chi connectivity index (χ4n) is 3.75. The number of aliphatic carboxylic acids is 1. The quantitative estimate of drug-likeness (QED) is 0.261. The Bertz CT molecular complexity index is 1610. The van der Waals surface area contributed by atoms with Gasteiger partial charge < -0.3 is 24.6 Å². The lowest BCUT2D eigenvalue weighted by Gasteiger charge is -2.15. The highest BCUT2D eigenvalue weighted by atomic mass is 19.4. The molecule has 0 aliphatic carbocycles. The normalized spacial score (nSPS) is 10.9. The van der Waals surface area contributed by atoms with Gasteiger partial charge in [-0.15, -0.1) is 0 Å². The fourth-order valence-corrected chi connectivity index (χ4v) is 3.75. The van der Waals surface area contributed by atoms with E-state index in [1.165, 1.54) is 32.8 Å². The van der Waals surface area contributed by atoms with E-state index in [9.17, 15) is 22.8 Å². The number of methoxy groups -OCH3 is 2. The lowest BCUT2D eigenvalue weighted by atomic mass is 9.98. The molecule has 43 heavy (non-hydrogen) atoms. The molecular formula is C29H27F3N4O7. The van der Waals surface area contributed by atoms with Crippen LogP contribution in [-0.2, 0) is 11.3 Å². The summed E-state index contributed by atoms with van der Waals surface area (Å²) in [7, 11) is 3.06. The Hall–Kier alpha value is -5.27. The van der Waals surface area contributed by atoms with Crippen molar-refractivity contribution in [2.45, 2.75) is 32.7 Å². The lowest BCUT2D eigenvalue weighted by molar-refractivity contribution is -0.192. The average molecular weight is 601 g/mol. The average Bonchev–Trinajstić information content (AvgIpc) is 2.98. The summed E-state index contributed by atoms with van der Waals surface area (Å²) in [5.74, 6) is -1.85. The predicted molar refractivity (Wildman–Crippen MR) is 147 cm³/mol. The maximum Gasteiger partial charge on any atom is 0.490 e. The Balaban J connectivity index is 0.000000646. The van der Waals surface area contributed by atoms with Crippen LogP contribution in [0.15, 0.2) is 61.2 Å². The van der Waals surface area contributed by atoms with Gasteiger partial charge in [0.05, 0.1) is 26.5 Å². The number of carbonyl (C=O) groups excluding carboxylic acids is 2. The van der Waals surface area contributed by atoms with Crippen molar-refractivity contribution in [3.05, 3.63) is 83.7 Å². The summed E-state index contributed by atoms with van der Waals surface area (Å²) >= 11 is 0. The van der Waals surface area contributed by atoms with Gasteiger partial charge in [-0.05, 0) is 49.1 Å². The van der Waals surface area contributed by atoms with Crippen LogP contribution in [0.4, 0.5) is 13.2 Å². The van der Waals surface area contributed by atoms with Crippen molar-refractivity contribution in [1.82, 2.24) is 20.3 Å². The molecule has 2 heterocycles. The second-order valence-electron chi connectivity index (χ2n) is 8.98. The third kappa shape index (κ3) is 8.38. The van der Waals surface area contributed by atoms with E-state index in [4.69, 9.17) is 24.1 Å². The summed E-state index contributed by atoms with van der Waals surface area (Å²) in [6, 6.07) is 10.5. The topological polar surface area (TPSA) is 150 Å². The third-order valence-electron chi connectivity index (χ3n) is 5.64. The molecule has 2 aromatic heterocycles. The minimum absolute atomic E-state index is 0.0256. The highest BCUT2D eigenvalue weighted by Crippen LogP contribution is 2.35. The van der Waals surface area contributed by atoms with E-state index in [0.717, 1.165) is 0 Å². The van der Waals surface area contributed by atoms with E-state index in [2.05, 4.69) is 20.3 Å². The molecule has 0 fully saturated rings. The van der Waals surface area contributed by atoms with Crippen molar-refractivity contribution in [1.29, 1.82) is 0 Å². The van der Waals surface area contributed by atoms with E-state index >= 15 is 0 Å². The van der Waals surface area contributed by atoms with Gasteiger partial charge in [0.15, 0.2) is 11.5 Å². The summed E-state index contributed by atoms with van der Waals surface area (Å²) in [6.07, 6.45) is 0.798. The van der Waals surface area contributed by atoms with Gasteiger partial charge in [-0.3, -0.25) is 19.6 Å². The van der Waals surface area contributed by atoms with Crippen LogP contribution < -0.4 is 19.5 Å². The highest BCUT2D eigenvalue weighted by molar-refractivity contribution is 6.15. The predicted octanol–water partition coefficient (Wildman–Crippen LogP) is 4.62. The number of nitrogens with zero attached hydrogens (tertiary/aromatic N) is 3. The monoisotopic (exact) mass is 600 g/mol. The zero-order valence-electron chi connectivity index (χ0n) is 23.4. The largest absolute Gasteiger partial charge is 0.493 e. The molecule has 4 rings (SSSR count). The molecule has 0 saturated heterocycles. The third-order valence-corrected chi connectivity index (χ3v) is 5.64. The molecule has 0 saturated carbocycles. The number of fused-ring (bicyclic) bond motifs is 1. The van der Waals surface area contributed by atoms with E-state index in [1.807, 2.05) is 13.8 Å². The number of carbonyl (C=O) groups is 3. The zero-order chi connectivity index (χ0) is 31.7. The minimum Gasteiger partial charge on any atom is -0.493 e. The molecule has 1 amide bonds. The number of halogens is 3. The molecular weight excluding hydrogens is 573 g/mol. The second kappa shape index (κ2) is 14.1. The number of ether oxygens (including phenoxy) is 3. The first-order chi connectivity index (χ1) is 20.3. The van der Waals surface area contributed by atoms with Gasteiger partial charge in [-0.1, -0.05) is 12.1 Å². The van der Waals surface area contributed by atoms with Crippen molar-refractivity contribution in [3.63, 3.8) is 0 Å². The van der Waals surface area contributed by atoms with Gasteiger partial charge in [-0.25, -0.2) is 9.78 Å². The van der Waals surface area contributed by atoms with Crippen LogP contribution in [0.5, 0.6) is 17.2 Å². The summed E-state index contributed by atoms with van der Waals surface area (Å²) in [4.78, 5) is 47.4. The number of pyridine rings is 1. The first-order valence-electron chi connectivity index (χ1n) is 12.5. The Kier molecular flexibility index (Phi) is 10.6. The van der Waals surface area contributed by atoms with Crippen LogP contribution in [0.25, 0.3) is 10.8 Å². The van der Waals surface area contributed by atoms with Gasteiger partial charge in [0.25, 0.3) is 5.91 Å². The van der Waals surface area contributed by atoms with Crippen LogP contribution in [-0.4, -0.2) is 64.2 Å². The summed E-state index contributed by atoms with van der Waals surface area (Å²) in [6.45, 7) is 4.00. The molecule has 2 aromatic carbocycles. The van der Waals surface area contributed by atoms with E-state index in [0.29, 0.717) is 39.1 Å². The highest BCUT2D eigenvalue weighted by Gasteiger charge is 2.38. The molecule has 0 spiro atoms. The molecule has 0 aliphatic heterocycles. The molecule has 0 radical (unpaired) electrons. The molecule has 0 aliphatic rings. The van der Waals surface area contributed by atoms with Gasteiger partial charge in [0.2, 0.25) is 5.78 Å². The van der Waals surface area contributed by atoms with Crippen molar-refractivity contribution in [2.75, 3.05) is 14.2 Å². The number of nitrogens with one attached hydrogen (secondary N) is 1. The number of hydrogen-bond acceptors (Lipinski definition) is 9. The number of ketones is 1. The molecule has 11 nitrogen and oxygen atoms in total. The number of carboxylic acids is 1. The van der Waals surface area contributed by atoms with Gasteiger partial charge >= 0.3 is 12.1 Å². The molecule has 0 bridgehead atoms. The summed E-state index contributed by atoms with van der Waals surface area (Å²) < 4.78 is 48.4. The number of hydrogen-bond donors (Lipinski definition) is 2. The minimum atomic E-state index is -5.08. The maximum atomic E-state index is 13.5. The smallest absolute Gasteiger partial charge is 0.490 e. The number of rotatable bonds is 9. The van der Waals surface area contributed by atoms with E-state index < -0.39 is 12.1 Å². The molecule has 0 atom stereocenters. The van der Waals surface area contributed by atoms with E-state index in [1.54, 1.807) is 42.6 Å². The fraction of sp³-hybridized carbons (Fsp3) is 0.241. The van der Waals surface area contributed by atoms with Gasteiger partial charge in [0.1, 0.15) is 17.1 Å². The van der Waals surface area contributed by atoms with Crippen molar-refractivity contribution in [3.8, 4) is 17.2 Å². The van der Waals surface area contributed by atoms with Gasteiger partial charge in [-0.2, -0.15) is 13.2 Å². The molecule has 14 heteroatoms. The first-order valence-corrected chi connectivity index (χ1v) is 12.5. The molecule has 2 N–H and O–H groups in total. The van der Waals surface area contributed by atoms with E-state index in [-0.39, 0.29) is 35.7 Å². The Labute approximate surface area is 243 Å². The maximum absolute atomic E-state index is 13.5. The van der Waals surface area contributed by atoms with Crippen molar-refractivity contribution >= 4 is 28.4 Å². The molecule has 226 valence electrons. The van der Waals surface area contributed by atoms with Crippen LogP contribution in [0.2, 0.25) is 0 Å². The molecule has 0 unspecified atom stereocenters. The first kappa shape index (κ1) is 32.2. The zero-order valence-corrected chi connectivity index (χ0v) is 23.4. The SMILES string of the molecule is COc1cc2c(CNC(=O)c3cnccn3)cnc(C(=O)c3cccc(OC(C)C)c3)c2cc1OC.O=C(O)C(F)(F)F. The summed E-state index contributed by atoms with van der Waals surface area (Å²) in [5, 5.41) is 11.2. The molecule has 4 aromatic rings. The van der Waals surface area contributed by atoms with Crippen LogP contribution in [0.3, 0.4) is 0 Å². The lowest BCUT2D eigenvalue weighted by Crippen LogP contribution is -2.24. The van der Waals surface area contributed by atoms with Crippen LogP contribution in [0, 0.1) is 0 Å². The van der Waals surface area contributed by atoms with Gasteiger partial charge in [0, 0.05) is 36.1 Å². The Morgan fingerprint density at radius 2 is 1.60 bits per heavy atom. The Morgan fingerprint density at radius 3 is 2.16 bits per heavy atom. The van der Waals surface area contributed by atoms with Crippen LogP contribution >= 0.6 is 0 Å². The Morgan fingerprint density at radius 1 is 0.953 bits per heavy atom.